The number of carboxylic acids is 1. The molecule has 1 aromatic rings. The number of hydrogen-bond acceptors (Lipinski definition) is 5. The summed E-state index contributed by atoms with van der Waals surface area (Å²) in [7, 11) is 1.28. The van der Waals surface area contributed by atoms with Crippen molar-refractivity contribution in [2.45, 2.75) is 30.2 Å². The summed E-state index contributed by atoms with van der Waals surface area (Å²) in [5, 5.41) is 11.3. The highest BCUT2D eigenvalue weighted by atomic mass is 32.2. The quantitative estimate of drug-likeness (QED) is 0.561. The number of carbonyl (C=O) groups is 3. The highest BCUT2D eigenvalue weighted by Crippen LogP contribution is 2.22. The minimum absolute atomic E-state index is 0.00603. The number of amides is 1. The number of ether oxygens (including phenoxy) is 1. The Labute approximate surface area is 133 Å². The van der Waals surface area contributed by atoms with Gasteiger partial charge in [-0.05, 0) is 24.0 Å². The fourth-order valence-electron chi connectivity index (χ4n) is 1.83. The van der Waals surface area contributed by atoms with E-state index in [1.165, 1.54) is 7.11 Å². The van der Waals surface area contributed by atoms with Crippen molar-refractivity contribution in [3.8, 4) is 0 Å². The Hall–Kier alpha value is -2.02. The summed E-state index contributed by atoms with van der Waals surface area (Å²) < 4.78 is 4.64. The predicted molar refractivity (Wildman–Crippen MR) is 82.6 cm³/mol. The van der Waals surface area contributed by atoms with Gasteiger partial charge in [-0.2, -0.15) is 0 Å². The second kappa shape index (κ2) is 9.09. The van der Waals surface area contributed by atoms with Crippen LogP contribution in [-0.2, 0) is 19.1 Å². The smallest absolute Gasteiger partial charge is 0.307 e. The first-order chi connectivity index (χ1) is 10.5. The van der Waals surface area contributed by atoms with Gasteiger partial charge in [-0.1, -0.05) is 12.1 Å². The maximum atomic E-state index is 11.8. The number of benzene rings is 1. The largest absolute Gasteiger partial charge is 0.481 e. The normalized spacial score (nSPS) is 11.5. The summed E-state index contributed by atoms with van der Waals surface area (Å²) in [6.45, 7) is 0. The molecule has 0 fully saturated rings. The molecule has 1 unspecified atom stereocenters. The van der Waals surface area contributed by atoms with Crippen molar-refractivity contribution >= 4 is 29.6 Å². The average molecular weight is 325 g/mol. The van der Waals surface area contributed by atoms with Crippen molar-refractivity contribution in [1.29, 1.82) is 0 Å². The first-order valence-corrected chi connectivity index (χ1v) is 7.90. The van der Waals surface area contributed by atoms with Crippen molar-refractivity contribution in [3.05, 3.63) is 29.8 Å². The molecule has 0 radical (unpaired) electrons. The van der Waals surface area contributed by atoms with E-state index in [2.05, 4.69) is 10.1 Å². The molecule has 0 aliphatic heterocycles. The van der Waals surface area contributed by atoms with Gasteiger partial charge in [-0.15, -0.1) is 11.8 Å². The molecule has 1 aromatic carbocycles. The fraction of sp³-hybridized carbons (Fsp3) is 0.400. The van der Waals surface area contributed by atoms with E-state index in [0.717, 1.165) is 10.5 Å². The van der Waals surface area contributed by atoms with Crippen molar-refractivity contribution in [1.82, 2.24) is 5.32 Å². The van der Waals surface area contributed by atoms with E-state index in [0.29, 0.717) is 0 Å². The molecule has 0 spiro atoms. The summed E-state index contributed by atoms with van der Waals surface area (Å²) in [6.07, 6.45) is 1.57. The maximum absolute atomic E-state index is 11.8. The molecule has 2 N–H and O–H groups in total. The van der Waals surface area contributed by atoms with E-state index in [1.54, 1.807) is 11.8 Å². The number of hydrogen-bond donors (Lipinski definition) is 2. The van der Waals surface area contributed by atoms with Gasteiger partial charge < -0.3 is 15.2 Å². The lowest BCUT2D eigenvalue weighted by molar-refractivity contribution is -0.142. The molecule has 0 heterocycles. The van der Waals surface area contributed by atoms with Crippen LogP contribution in [0.4, 0.5) is 0 Å². The van der Waals surface area contributed by atoms with Crippen LogP contribution < -0.4 is 5.32 Å². The molecule has 0 bridgehead atoms. The number of methoxy groups -OCH3 is 1. The zero-order valence-corrected chi connectivity index (χ0v) is 13.3. The van der Waals surface area contributed by atoms with Gasteiger partial charge in [0.2, 0.25) is 5.91 Å². The van der Waals surface area contributed by atoms with Gasteiger partial charge in [-0.25, -0.2) is 0 Å². The van der Waals surface area contributed by atoms with Crippen LogP contribution in [0.15, 0.2) is 29.2 Å². The molecule has 0 saturated carbocycles. The summed E-state index contributed by atoms with van der Waals surface area (Å²) in [4.78, 5) is 34.9. The number of carbonyl (C=O) groups excluding carboxylic acids is 2. The van der Waals surface area contributed by atoms with Crippen LogP contribution in [0.5, 0.6) is 0 Å². The average Bonchev–Trinajstić information content (AvgIpc) is 2.52. The SMILES string of the molecule is COC(=O)CC(NC(=O)CCC(=O)O)c1ccc(SC)cc1. The highest BCUT2D eigenvalue weighted by molar-refractivity contribution is 7.98. The third kappa shape index (κ3) is 6.17. The Kier molecular flexibility index (Phi) is 7.45. The molecule has 0 aliphatic carbocycles. The van der Waals surface area contributed by atoms with Crippen LogP contribution in [0.1, 0.15) is 30.9 Å². The molecule has 7 heteroatoms. The minimum atomic E-state index is -1.04. The van der Waals surface area contributed by atoms with Crippen LogP contribution in [0.25, 0.3) is 0 Å². The molecular formula is C15H19NO5S. The minimum Gasteiger partial charge on any atom is -0.481 e. The first kappa shape index (κ1) is 18.0. The van der Waals surface area contributed by atoms with Crippen LogP contribution in [0, 0.1) is 0 Å². The van der Waals surface area contributed by atoms with E-state index >= 15 is 0 Å². The van der Waals surface area contributed by atoms with Crippen LogP contribution >= 0.6 is 11.8 Å². The summed E-state index contributed by atoms with van der Waals surface area (Å²) in [5.41, 5.74) is 0.770. The number of nitrogens with one attached hydrogen (secondary N) is 1. The number of aliphatic carboxylic acids is 1. The van der Waals surface area contributed by atoms with E-state index in [1.807, 2.05) is 30.5 Å². The highest BCUT2D eigenvalue weighted by Gasteiger charge is 2.19. The molecule has 6 nitrogen and oxygen atoms in total. The van der Waals surface area contributed by atoms with E-state index < -0.39 is 23.9 Å². The van der Waals surface area contributed by atoms with Crippen molar-refractivity contribution in [3.63, 3.8) is 0 Å². The molecule has 0 aromatic heterocycles. The second-order valence-corrected chi connectivity index (χ2v) is 5.45. The van der Waals surface area contributed by atoms with Gasteiger partial charge in [0.05, 0.1) is 26.0 Å². The Bertz CT molecular complexity index is 529. The number of esters is 1. The lowest BCUT2D eigenvalue weighted by atomic mass is 10.0. The number of rotatable bonds is 8. The number of thioether (sulfide) groups is 1. The fourth-order valence-corrected chi connectivity index (χ4v) is 2.23. The summed E-state index contributed by atoms with van der Waals surface area (Å²) in [6, 6.07) is 6.92. The van der Waals surface area contributed by atoms with Gasteiger partial charge in [0.25, 0.3) is 0 Å². The van der Waals surface area contributed by atoms with Gasteiger partial charge in [0, 0.05) is 11.3 Å². The molecule has 1 rings (SSSR count). The lowest BCUT2D eigenvalue weighted by Gasteiger charge is -2.18. The van der Waals surface area contributed by atoms with E-state index in [4.69, 9.17) is 5.11 Å². The van der Waals surface area contributed by atoms with Crippen molar-refractivity contribution in [2.24, 2.45) is 0 Å². The van der Waals surface area contributed by atoms with Crippen LogP contribution in [-0.4, -0.2) is 36.3 Å². The molecular weight excluding hydrogens is 306 g/mol. The number of carboxylic acid groups (broad SMARTS) is 1. The van der Waals surface area contributed by atoms with Crippen molar-refractivity contribution < 1.29 is 24.2 Å². The Morgan fingerprint density at radius 1 is 1.23 bits per heavy atom. The third-order valence-electron chi connectivity index (χ3n) is 3.02. The van der Waals surface area contributed by atoms with E-state index in [9.17, 15) is 14.4 Å². The van der Waals surface area contributed by atoms with E-state index in [-0.39, 0.29) is 19.3 Å². The van der Waals surface area contributed by atoms with Crippen LogP contribution in [0.2, 0.25) is 0 Å². The lowest BCUT2D eigenvalue weighted by Crippen LogP contribution is -2.30. The van der Waals surface area contributed by atoms with Gasteiger partial charge in [0.1, 0.15) is 0 Å². The van der Waals surface area contributed by atoms with Gasteiger partial charge in [-0.3, -0.25) is 14.4 Å². The zero-order chi connectivity index (χ0) is 16.5. The second-order valence-electron chi connectivity index (χ2n) is 4.57. The molecule has 22 heavy (non-hydrogen) atoms. The Morgan fingerprint density at radius 3 is 2.36 bits per heavy atom. The van der Waals surface area contributed by atoms with Crippen LogP contribution in [0.3, 0.4) is 0 Å². The van der Waals surface area contributed by atoms with Gasteiger partial charge in [0.15, 0.2) is 0 Å². The molecule has 120 valence electrons. The zero-order valence-electron chi connectivity index (χ0n) is 12.5. The molecule has 1 amide bonds. The Morgan fingerprint density at radius 2 is 1.86 bits per heavy atom. The third-order valence-corrected chi connectivity index (χ3v) is 3.76. The van der Waals surface area contributed by atoms with Crippen molar-refractivity contribution in [2.75, 3.05) is 13.4 Å². The molecule has 1 atom stereocenters. The first-order valence-electron chi connectivity index (χ1n) is 6.68. The predicted octanol–water partition coefficient (Wildman–Crippen LogP) is 1.99. The standard InChI is InChI=1S/C15H19NO5S/c1-21-15(20)9-12(16-13(17)7-8-14(18)19)10-3-5-11(22-2)6-4-10/h3-6,12H,7-9H2,1-2H3,(H,16,17)(H,18,19). The molecule has 0 aliphatic rings. The topological polar surface area (TPSA) is 92.7 Å². The maximum Gasteiger partial charge on any atom is 0.307 e. The van der Waals surface area contributed by atoms with Gasteiger partial charge >= 0.3 is 11.9 Å². The molecule has 0 saturated heterocycles. The summed E-state index contributed by atoms with van der Waals surface area (Å²) in [5.74, 6) is -1.90. The Balaban J connectivity index is 2.80. The monoisotopic (exact) mass is 325 g/mol. The summed E-state index contributed by atoms with van der Waals surface area (Å²) >= 11 is 1.59.